The van der Waals surface area contributed by atoms with Gasteiger partial charge in [0.25, 0.3) is 5.91 Å². The van der Waals surface area contributed by atoms with Crippen LogP contribution in [0.5, 0.6) is 17.2 Å². The van der Waals surface area contributed by atoms with Gasteiger partial charge in [-0.25, -0.2) is 4.39 Å². The van der Waals surface area contributed by atoms with Crippen molar-refractivity contribution in [2.75, 3.05) is 34.4 Å². The van der Waals surface area contributed by atoms with Crippen LogP contribution in [0.25, 0.3) is 0 Å². The fourth-order valence-electron chi connectivity index (χ4n) is 4.69. The van der Waals surface area contributed by atoms with Gasteiger partial charge in [0, 0.05) is 31.1 Å². The molecule has 1 fully saturated rings. The summed E-state index contributed by atoms with van der Waals surface area (Å²) in [6.45, 7) is 2.82. The summed E-state index contributed by atoms with van der Waals surface area (Å²) in [5.74, 6) is -0.0750. The zero-order valence-corrected chi connectivity index (χ0v) is 21.4. The number of rotatable bonds is 8. The molecular formula is C29H31FN2O5. The number of nitrogens with zero attached hydrogens (tertiary/aromatic N) is 1. The molecule has 3 aromatic rings. The molecule has 4 rings (SSSR count). The average molecular weight is 507 g/mol. The second-order valence-electron chi connectivity index (χ2n) is 9.09. The third kappa shape index (κ3) is 5.69. The van der Waals surface area contributed by atoms with Gasteiger partial charge in [0.2, 0.25) is 11.7 Å². The molecule has 0 aromatic heterocycles. The highest BCUT2D eigenvalue weighted by atomic mass is 19.1. The van der Waals surface area contributed by atoms with Crippen LogP contribution in [0.1, 0.15) is 33.0 Å². The molecular weight excluding hydrogens is 475 g/mol. The summed E-state index contributed by atoms with van der Waals surface area (Å²) in [7, 11) is 4.61. The van der Waals surface area contributed by atoms with Gasteiger partial charge in [-0.2, -0.15) is 0 Å². The highest BCUT2D eigenvalue weighted by Gasteiger charge is 2.41. The number of carbonyl (C=O) groups is 2. The highest BCUT2D eigenvalue weighted by Crippen LogP contribution is 2.43. The van der Waals surface area contributed by atoms with Gasteiger partial charge in [0.05, 0.1) is 27.2 Å². The van der Waals surface area contributed by atoms with Gasteiger partial charge in [-0.05, 0) is 54.4 Å². The van der Waals surface area contributed by atoms with Gasteiger partial charge >= 0.3 is 0 Å². The van der Waals surface area contributed by atoms with Crippen molar-refractivity contribution in [2.24, 2.45) is 5.92 Å². The molecule has 0 aliphatic carbocycles. The second-order valence-corrected chi connectivity index (χ2v) is 9.09. The molecule has 0 bridgehead atoms. The maximum absolute atomic E-state index is 13.4. The molecule has 8 heteroatoms. The van der Waals surface area contributed by atoms with Crippen LogP contribution in [0.2, 0.25) is 0 Å². The van der Waals surface area contributed by atoms with Gasteiger partial charge in [-0.1, -0.05) is 29.8 Å². The second kappa shape index (κ2) is 11.3. The van der Waals surface area contributed by atoms with E-state index in [-0.39, 0.29) is 36.6 Å². The molecule has 7 nitrogen and oxygen atoms in total. The predicted octanol–water partition coefficient (Wildman–Crippen LogP) is 4.33. The lowest BCUT2D eigenvalue weighted by molar-refractivity contribution is -0.125. The highest BCUT2D eigenvalue weighted by molar-refractivity contribution is 5.95. The average Bonchev–Trinajstić information content (AvgIpc) is 3.37. The molecule has 2 atom stereocenters. The SMILES string of the molecule is COc1cc([C@@H]2CN(C(=O)c3ccc(C)cc3)C[C@H]2C(=O)NCc2ccc(F)cc2)cc(OC)c1OC. The minimum atomic E-state index is -0.516. The van der Waals surface area contributed by atoms with E-state index < -0.39 is 5.92 Å². The van der Waals surface area contributed by atoms with Crippen molar-refractivity contribution in [1.29, 1.82) is 0 Å². The molecule has 0 unspecified atom stereocenters. The predicted molar refractivity (Wildman–Crippen MR) is 138 cm³/mol. The van der Waals surface area contributed by atoms with Gasteiger partial charge in [0.15, 0.2) is 11.5 Å². The van der Waals surface area contributed by atoms with Crippen LogP contribution in [-0.4, -0.2) is 51.1 Å². The Balaban J connectivity index is 1.64. The molecule has 0 radical (unpaired) electrons. The third-order valence-corrected chi connectivity index (χ3v) is 6.74. The number of halogens is 1. The van der Waals surface area contributed by atoms with E-state index in [2.05, 4.69) is 5.32 Å². The van der Waals surface area contributed by atoms with E-state index in [1.807, 2.05) is 31.2 Å². The number of benzene rings is 3. The monoisotopic (exact) mass is 506 g/mol. The summed E-state index contributed by atoms with van der Waals surface area (Å²) in [6.07, 6.45) is 0. The first-order valence-corrected chi connectivity index (χ1v) is 12.0. The summed E-state index contributed by atoms with van der Waals surface area (Å²) in [6, 6.07) is 17.0. The molecule has 37 heavy (non-hydrogen) atoms. The topological polar surface area (TPSA) is 77.1 Å². The lowest BCUT2D eigenvalue weighted by Crippen LogP contribution is -2.35. The number of hydrogen-bond acceptors (Lipinski definition) is 5. The van der Waals surface area contributed by atoms with E-state index in [0.717, 1.165) is 16.7 Å². The zero-order chi connectivity index (χ0) is 26.5. The Morgan fingerprint density at radius 3 is 2.11 bits per heavy atom. The molecule has 1 aliphatic heterocycles. The number of hydrogen-bond donors (Lipinski definition) is 1. The van der Waals surface area contributed by atoms with Crippen molar-refractivity contribution in [1.82, 2.24) is 10.2 Å². The number of methoxy groups -OCH3 is 3. The van der Waals surface area contributed by atoms with Crippen molar-refractivity contribution >= 4 is 11.8 Å². The largest absolute Gasteiger partial charge is 0.493 e. The van der Waals surface area contributed by atoms with Crippen molar-refractivity contribution in [3.63, 3.8) is 0 Å². The Kier molecular flexibility index (Phi) is 7.96. The summed E-state index contributed by atoms with van der Waals surface area (Å²) >= 11 is 0. The van der Waals surface area contributed by atoms with E-state index in [4.69, 9.17) is 14.2 Å². The van der Waals surface area contributed by atoms with Crippen LogP contribution in [0.3, 0.4) is 0 Å². The van der Waals surface area contributed by atoms with E-state index in [1.54, 1.807) is 29.2 Å². The van der Waals surface area contributed by atoms with Crippen LogP contribution < -0.4 is 19.5 Å². The number of nitrogens with one attached hydrogen (secondary N) is 1. The van der Waals surface area contributed by atoms with Crippen LogP contribution in [0.15, 0.2) is 60.7 Å². The first-order valence-electron chi connectivity index (χ1n) is 12.0. The number of carbonyl (C=O) groups excluding carboxylic acids is 2. The van der Waals surface area contributed by atoms with Crippen molar-refractivity contribution < 1.29 is 28.2 Å². The molecule has 2 amide bonds. The molecule has 1 saturated heterocycles. The van der Waals surface area contributed by atoms with Crippen molar-refractivity contribution in [3.8, 4) is 17.2 Å². The number of aryl methyl sites for hydroxylation is 1. The minimum Gasteiger partial charge on any atom is -0.493 e. The number of ether oxygens (including phenoxy) is 3. The van der Waals surface area contributed by atoms with Crippen LogP contribution in [-0.2, 0) is 11.3 Å². The van der Waals surface area contributed by atoms with E-state index in [0.29, 0.717) is 29.4 Å². The summed E-state index contributed by atoms with van der Waals surface area (Å²) in [5.41, 5.74) is 3.22. The molecule has 1 heterocycles. The smallest absolute Gasteiger partial charge is 0.253 e. The standard InChI is InChI=1S/C29H31FN2O5/c1-18-5-9-20(10-6-18)29(34)32-16-23(21-13-25(35-2)27(37-4)26(14-21)36-3)24(17-32)28(33)31-15-19-7-11-22(30)12-8-19/h5-14,23-24H,15-17H2,1-4H3,(H,31,33)/t23-,24+/m0/s1. The normalized spacial score (nSPS) is 16.8. The Morgan fingerprint density at radius 1 is 0.919 bits per heavy atom. The Bertz CT molecular complexity index is 1240. The van der Waals surface area contributed by atoms with E-state index >= 15 is 0 Å². The Hall–Kier alpha value is -4.07. The van der Waals surface area contributed by atoms with Gasteiger partial charge < -0.3 is 24.4 Å². The van der Waals surface area contributed by atoms with E-state index in [1.165, 1.54) is 33.5 Å². The first kappa shape index (κ1) is 26.0. The Morgan fingerprint density at radius 2 is 1.54 bits per heavy atom. The maximum Gasteiger partial charge on any atom is 0.253 e. The fraction of sp³-hybridized carbons (Fsp3) is 0.310. The maximum atomic E-state index is 13.4. The zero-order valence-electron chi connectivity index (χ0n) is 21.4. The molecule has 1 N–H and O–H groups in total. The van der Waals surface area contributed by atoms with Crippen LogP contribution in [0.4, 0.5) is 4.39 Å². The molecule has 0 saturated carbocycles. The summed E-state index contributed by atoms with van der Waals surface area (Å²) in [5, 5.41) is 2.96. The summed E-state index contributed by atoms with van der Waals surface area (Å²) in [4.78, 5) is 28.5. The summed E-state index contributed by atoms with van der Waals surface area (Å²) < 4.78 is 29.8. The van der Waals surface area contributed by atoms with E-state index in [9.17, 15) is 14.0 Å². The molecule has 1 aliphatic rings. The molecule has 194 valence electrons. The van der Waals surface area contributed by atoms with Crippen LogP contribution >= 0.6 is 0 Å². The fourth-order valence-corrected chi connectivity index (χ4v) is 4.69. The van der Waals surface area contributed by atoms with Crippen LogP contribution in [0, 0.1) is 18.7 Å². The number of amides is 2. The lowest BCUT2D eigenvalue weighted by atomic mass is 9.87. The van der Waals surface area contributed by atoms with Gasteiger partial charge in [-0.3, -0.25) is 9.59 Å². The number of likely N-dealkylation sites (tertiary alicyclic amines) is 1. The van der Waals surface area contributed by atoms with Gasteiger partial charge in [0.1, 0.15) is 5.82 Å². The third-order valence-electron chi connectivity index (χ3n) is 6.74. The van der Waals surface area contributed by atoms with Crippen molar-refractivity contribution in [2.45, 2.75) is 19.4 Å². The molecule has 0 spiro atoms. The minimum absolute atomic E-state index is 0.133. The first-order chi connectivity index (χ1) is 17.8. The lowest BCUT2D eigenvalue weighted by Gasteiger charge is -2.21. The quantitative estimate of drug-likeness (QED) is 0.492. The molecule has 3 aromatic carbocycles. The van der Waals surface area contributed by atoms with Crippen molar-refractivity contribution in [3.05, 3.63) is 88.7 Å². The Labute approximate surface area is 216 Å². The van der Waals surface area contributed by atoms with Gasteiger partial charge in [-0.15, -0.1) is 0 Å².